The highest BCUT2D eigenvalue weighted by molar-refractivity contribution is 6.30. The molecular formula is C16H15ClNO3-. The van der Waals surface area contributed by atoms with E-state index in [-0.39, 0.29) is 17.7 Å². The molecule has 110 valence electrons. The van der Waals surface area contributed by atoms with Crippen molar-refractivity contribution in [3.63, 3.8) is 0 Å². The van der Waals surface area contributed by atoms with Gasteiger partial charge in [0.1, 0.15) is 0 Å². The van der Waals surface area contributed by atoms with E-state index in [2.05, 4.69) is 5.32 Å². The number of rotatable bonds is 4. The largest absolute Gasteiger partial charge is 0.550 e. The van der Waals surface area contributed by atoms with Crippen molar-refractivity contribution < 1.29 is 14.7 Å². The Hall–Kier alpha value is -1.81. The highest BCUT2D eigenvalue weighted by Crippen LogP contribution is 2.47. The van der Waals surface area contributed by atoms with Gasteiger partial charge in [-0.3, -0.25) is 4.79 Å². The Kier molecular flexibility index (Phi) is 3.72. The van der Waals surface area contributed by atoms with E-state index in [9.17, 15) is 14.7 Å². The summed E-state index contributed by atoms with van der Waals surface area (Å²) in [7, 11) is 0. The number of hydrogen-bond acceptors (Lipinski definition) is 3. The van der Waals surface area contributed by atoms with Gasteiger partial charge in [-0.25, -0.2) is 0 Å². The van der Waals surface area contributed by atoms with Crippen molar-refractivity contribution >= 4 is 23.5 Å². The predicted molar refractivity (Wildman–Crippen MR) is 76.0 cm³/mol. The van der Waals surface area contributed by atoms with Crippen LogP contribution in [-0.4, -0.2) is 11.9 Å². The van der Waals surface area contributed by atoms with E-state index in [1.165, 1.54) is 0 Å². The molecule has 0 aromatic heterocycles. The van der Waals surface area contributed by atoms with Crippen molar-refractivity contribution in [2.45, 2.75) is 13.0 Å². The summed E-state index contributed by atoms with van der Waals surface area (Å²) in [5, 5.41) is 14.7. The standard InChI is InChI=1S/C16H16ClNO3/c17-12-3-1-2-9(6-12)8-18-15(19)13-10-4-5-11(7-10)14(13)16(20)21/h1-6,10-11,13-14H,7-8H2,(H,18,19)(H,20,21)/p-1/t10-,11-,13+,14-/m0/s1. The van der Waals surface area contributed by atoms with Gasteiger partial charge in [0.25, 0.3) is 0 Å². The van der Waals surface area contributed by atoms with E-state index in [0.717, 1.165) is 12.0 Å². The molecule has 1 aromatic rings. The zero-order valence-electron chi connectivity index (χ0n) is 11.3. The van der Waals surface area contributed by atoms with Crippen LogP contribution in [0.3, 0.4) is 0 Å². The number of allylic oxidation sites excluding steroid dienone is 2. The molecule has 3 rings (SSSR count). The average molecular weight is 305 g/mol. The quantitative estimate of drug-likeness (QED) is 0.848. The predicted octanol–water partition coefficient (Wildman–Crippen LogP) is 1.14. The van der Waals surface area contributed by atoms with Crippen molar-refractivity contribution in [3.8, 4) is 0 Å². The van der Waals surface area contributed by atoms with Crippen molar-refractivity contribution in [1.29, 1.82) is 0 Å². The second-order valence-corrected chi connectivity index (χ2v) is 6.10. The van der Waals surface area contributed by atoms with Gasteiger partial charge in [-0.05, 0) is 36.0 Å². The fourth-order valence-corrected chi connectivity index (χ4v) is 3.67. The second kappa shape index (κ2) is 5.53. The maximum Gasteiger partial charge on any atom is 0.224 e. The maximum absolute atomic E-state index is 12.3. The summed E-state index contributed by atoms with van der Waals surface area (Å²) in [4.78, 5) is 23.6. The van der Waals surface area contributed by atoms with Gasteiger partial charge in [0, 0.05) is 23.5 Å². The van der Waals surface area contributed by atoms with E-state index in [0.29, 0.717) is 11.6 Å². The number of carboxylic acid groups (broad SMARTS) is 1. The zero-order valence-corrected chi connectivity index (χ0v) is 12.0. The first-order chi connectivity index (χ1) is 10.1. The smallest absolute Gasteiger partial charge is 0.224 e. The summed E-state index contributed by atoms with van der Waals surface area (Å²) < 4.78 is 0. The van der Waals surface area contributed by atoms with Gasteiger partial charge in [-0.15, -0.1) is 0 Å². The molecule has 2 aliphatic carbocycles. The minimum absolute atomic E-state index is 0.0114. The second-order valence-electron chi connectivity index (χ2n) is 5.67. The first-order valence-electron chi connectivity index (χ1n) is 6.97. The van der Waals surface area contributed by atoms with Crippen molar-refractivity contribution in [2.24, 2.45) is 23.7 Å². The molecule has 1 amide bonds. The summed E-state index contributed by atoms with van der Waals surface area (Å²) in [6.07, 6.45) is 4.58. The lowest BCUT2D eigenvalue weighted by Gasteiger charge is -2.27. The summed E-state index contributed by atoms with van der Waals surface area (Å²) in [5.41, 5.74) is 0.888. The first kappa shape index (κ1) is 14.1. The number of carbonyl (C=O) groups excluding carboxylic acids is 2. The fraction of sp³-hybridized carbons (Fsp3) is 0.375. The van der Waals surface area contributed by atoms with Crippen molar-refractivity contribution in [3.05, 3.63) is 47.0 Å². The lowest BCUT2D eigenvalue weighted by Crippen LogP contribution is -2.44. The Morgan fingerprint density at radius 2 is 1.95 bits per heavy atom. The molecule has 4 atom stereocenters. The Morgan fingerprint density at radius 1 is 1.24 bits per heavy atom. The van der Waals surface area contributed by atoms with E-state index >= 15 is 0 Å². The minimum atomic E-state index is -1.13. The molecule has 5 heteroatoms. The summed E-state index contributed by atoms with van der Waals surface area (Å²) in [6.45, 7) is 0.344. The molecule has 0 spiro atoms. The highest BCUT2D eigenvalue weighted by Gasteiger charge is 2.48. The van der Waals surface area contributed by atoms with Gasteiger partial charge in [-0.1, -0.05) is 35.9 Å². The number of hydrogen-bond donors (Lipinski definition) is 1. The number of benzene rings is 1. The minimum Gasteiger partial charge on any atom is -0.550 e. The van der Waals surface area contributed by atoms with E-state index in [1.54, 1.807) is 12.1 Å². The molecule has 0 unspecified atom stereocenters. The van der Waals surface area contributed by atoms with E-state index < -0.39 is 17.8 Å². The Bertz CT molecular complexity index is 613. The Labute approximate surface area is 127 Å². The molecule has 2 aliphatic rings. The number of fused-ring (bicyclic) bond motifs is 2. The van der Waals surface area contributed by atoms with Crippen LogP contribution in [0.25, 0.3) is 0 Å². The van der Waals surface area contributed by atoms with Gasteiger partial charge in [0.05, 0.1) is 5.92 Å². The van der Waals surface area contributed by atoms with Crippen LogP contribution in [0.1, 0.15) is 12.0 Å². The summed E-state index contributed by atoms with van der Waals surface area (Å²) in [5.74, 6) is -2.64. The number of aliphatic carboxylic acids is 1. The summed E-state index contributed by atoms with van der Waals surface area (Å²) in [6, 6.07) is 7.22. The van der Waals surface area contributed by atoms with Crippen LogP contribution in [0.4, 0.5) is 0 Å². The molecule has 4 nitrogen and oxygen atoms in total. The first-order valence-corrected chi connectivity index (χ1v) is 7.35. The fourth-order valence-electron chi connectivity index (χ4n) is 3.45. The van der Waals surface area contributed by atoms with Crippen molar-refractivity contribution in [1.82, 2.24) is 5.32 Å². The molecule has 0 radical (unpaired) electrons. The van der Waals surface area contributed by atoms with Crippen LogP contribution in [0.5, 0.6) is 0 Å². The van der Waals surface area contributed by atoms with Crippen LogP contribution >= 0.6 is 11.6 Å². The van der Waals surface area contributed by atoms with E-state index in [4.69, 9.17) is 11.6 Å². The van der Waals surface area contributed by atoms with Gasteiger partial charge < -0.3 is 15.2 Å². The molecular weight excluding hydrogens is 290 g/mol. The van der Waals surface area contributed by atoms with E-state index in [1.807, 2.05) is 24.3 Å². The molecule has 1 N–H and O–H groups in total. The molecule has 2 bridgehead atoms. The van der Waals surface area contributed by atoms with Crippen LogP contribution in [0.2, 0.25) is 5.02 Å². The number of carboxylic acids is 1. The Morgan fingerprint density at radius 3 is 2.62 bits per heavy atom. The molecule has 1 fully saturated rings. The summed E-state index contributed by atoms with van der Waals surface area (Å²) >= 11 is 5.90. The normalized spacial score (nSPS) is 29.6. The molecule has 21 heavy (non-hydrogen) atoms. The van der Waals surface area contributed by atoms with Crippen molar-refractivity contribution in [2.75, 3.05) is 0 Å². The zero-order chi connectivity index (χ0) is 15.0. The Balaban J connectivity index is 1.68. The third-order valence-electron chi connectivity index (χ3n) is 4.39. The molecule has 0 heterocycles. The van der Waals surface area contributed by atoms with Crippen LogP contribution < -0.4 is 10.4 Å². The molecule has 0 saturated heterocycles. The molecule has 1 saturated carbocycles. The molecule has 0 aliphatic heterocycles. The maximum atomic E-state index is 12.3. The van der Waals surface area contributed by atoms with Gasteiger partial charge in [0.15, 0.2) is 0 Å². The van der Waals surface area contributed by atoms with Crippen LogP contribution in [-0.2, 0) is 16.1 Å². The number of nitrogens with one attached hydrogen (secondary N) is 1. The van der Waals surface area contributed by atoms with Gasteiger partial charge in [0.2, 0.25) is 5.91 Å². The van der Waals surface area contributed by atoms with Gasteiger partial charge in [-0.2, -0.15) is 0 Å². The SMILES string of the molecule is O=C([O-])[C@@H]1[C@H](C(=O)NCc2cccc(Cl)c2)[C@H]2C=C[C@H]1C2. The molecule has 1 aromatic carbocycles. The third-order valence-corrected chi connectivity index (χ3v) is 4.63. The van der Waals surface area contributed by atoms with Crippen LogP contribution in [0, 0.1) is 23.7 Å². The topological polar surface area (TPSA) is 69.2 Å². The lowest BCUT2D eigenvalue weighted by atomic mass is 9.82. The highest BCUT2D eigenvalue weighted by atomic mass is 35.5. The number of halogens is 1. The average Bonchev–Trinajstić information content (AvgIpc) is 3.05. The lowest BCUT2D eigenvalue weighted by molar-refractivity contribution is -0.313. The monoisotopic (exact) mass is 304 g/mol. The van der Waals surface area contributed by atoms with Gasteiger partial charge >= 0.3 is 0 Å². The number of amides is 1. The van der Waals surface area contributed by atoms with Crippen LogP contribution in [0.15, 0.2) is 36.4 Å². The third kappa shape index (κ3) is 2.68. The number of carbonyl (C=O) groups is 2.